The van der Waals surface area contributed by atoms with Crippen molar-refractivity contribution in [2.45, 2.75) is 0 Å². The second-order valence-electron chi connectivity index (χ2n) is 18.4. The number of rotatable bonds is 5. The number of hydrogen-bond acceptors (Lipinski definition) is 0. The molecule has 0 radical (unpaired) electrons. The molecule has 14 rings (SSSR count). The van der Waals surface area contributed by atoms with Gasteiger partial charge in [-0.3, -0.25) is 0 Å². The van der Waals surface area contributed by atoms with Gasteiger partial charge < -0.3 is 0 Å². The van der Waals surface area contributed by atoms with Gasteiger partial charge in [0.15, 0.2) is 0 Å². The van der Waals surface area contributed by atoms with Crippen LogP contribution < -0.4 is 0 Å². The molecule has 0 aromatic heterocycles. The zero-order chi connectivity index (χ0) is 44.7. The van der Waals surface area contributed by atoms with E-state index in [0.717, 1.165) is 0 Å². The molecule has 0 atom stereocenters. The molecule has 14 aromatic rings. The lowest BCUT2D eigenvalue weighted by molar-refractivity contribution is 1.65. The summed E-state index contributed by atoms with van der Waals surface area (Å²) in [6.45, 7) is 0. The summed E-state index contributed by atoms with van der Waals surface area (Å²) in [5.41, 5.74) is 12.3. The van der Waals surface area contributed by atoms with Gasteiger partial charge in [-0.25, -0.2) is 0 Å². The molecule has 68 heavy (non-hydrogen) atoms. The van der Waals surface area contributed by atoms with Gasteiger partial charge in [0.1, 0.15) is 0 Å². The molecule has 14 aromatic carbocycles. The van der Waals surface area contributed by atoms with Crippen molar-refractivity contribution in [1.29, 1.82) is 0 Å². The average Bonchev–Trinajstić information content (AvgIpc) is 3.42. The third kappa shape index (κ3) is 6.15. The smallest absolute Gasteiger partial charge is 0.00921 e. The van der Waals surface area contributed by atoms with Crippen LogP contribution in [0.3, 0.4) is 0 Å². The molecule has 0 heteroatoms. The molecule has 0 unspecified atom stereocenters. The number of hydrogen-bond donors (Lipinski definition) is 0. The van der Waals surface area contributed by atoms with Gasteiger partial charge in [0, 0.05) is 0 Å². The van der Waals surface area contributed by atoms with Crippen LogP contribution in [0.5, 0.6) is 0 Å². The zero-order valence-corrected chi connectivity index (χ0v) is 37.2. The Labute approximate surface area is 394 Å². The molecule has 0 heterocycles. The Bertz CT molecular complexity index is 4350. The van der Waals surface area contributed by atoms with Gasteiger partial charge in [-0.15, -0.1) is 0 Å². The van der Waals surface area contributed by atoms with E-state index in [2.05, 4.69) is 255 Å². The van der Waals surface area contributed by atoms with E-state index >= 15 is 0 Å². The predicted molar refractivity (Wildman–Crippen MR) is 294 cm³/mol. The quantitative estimate of drug-likeness (QED) is 0.151. The number of benzene rings is 14. The minimum Gasteiger partial charge on any atom is -0.0622 e. The molecule has 0 fully saturated rings. The molecule has 314 valence electrons. The van der Waals surface area contributed by atoms with E-state index in [4.69, 9.17) is 0 Å². The largest absolute Gasteiger partial charge is 0.0622 e. The molecule has 0 saturated heterocycles. The van der Waals surface area contributed by atoms with E-state index in [1.54, 1.807) is 0 Å². The monoisotopic (exact) mass is 858 g/mol. The summed E-state index contributed by atoms with van der Waals surface area (Å²) in [5, 5.41) is 20.1. The molecular formula is C68H42. The van der Waals surface area contributed by atoms with Crippen LogP contribution in [0.1, 0.15) is 0 Å². The van der Waals surface area contributed by atoms with Crippen molar-refractivity contribution in [2.75, 3.05) is 0 Å². The Hall–Kier alpha value is -8.84. The first-order valence-electron chi connectivity index (χ1n) is 23.6. The van der Waals surface area contributed by atoms with Crippen LogP contribution in [-0.4, -0.2) is 0 Å². The highest BCUT2D eigenvalue weighted by molar-refractivity contribution is 6.26. The molecule has 0 bridgehead atoms. The third-order valence-corrected chi connectivity index (χ3v) is 14.6. The topological polar surface area (TPSA) is 0 Å². The maximum Gasteiger partial charge on any atom is -0.00921 e. The minimum absolute atomic E-state index is 1.19. The predicted octanol–water partition coefficient (Wildman–Crippen LogP) is 19.2. The lowest BCUT2D eigenvalue weighted by atomic mass is 9.85. The van der Waals surface area contributed by atoms with Crippen LogP contribution >= 0.6 is 0 Å². The lowest BCUT2D eigenvalue weighted by Crippen LogP contribution is -1.91. The van der Waals surface area contributed by atoms with Crippen molar-refractivity contribution in [3.63, 3.8) is 0 Å². The van der Waals surface area contributed by atoms with E-state index in [0.29, 0.717) is 0 Å². The molecule has 0 aliphatic carbocycles. The fraction of sp³-hybridized carbons (Fsp3) is 0. The molecule has 0 spiro atoms. The Morgan fingerprint density at radius 1 is 0.132 bits per heavy atom. The fourth-order valence-corrected chi connectivity index (χ4v) is 11.3. The Morgan fingerprint density at radius 2 is 0.426 bits per heavy atom. The van der Waals surface area contributed by atoms with Gasteiger partial charge in [-0.1, -0.05) is 206 Å². The highest BCUT2D eigenvalue weighted by atomic mass is 14.2. The maximum absolute atomic E-state index is 2.47. The van der Waals surface area contributed by atoms with Crippen LogP contribution in [0, 0.1) is 0 Å². The summed E-state index contributed by atoms with van der Waals surface area (Å²) in [5.74, 6) is 0. The SMILES string of the molecule is c1ccc(-c2cc3c4cc(-c5ccc6c(-c7ccc8ccccc8c7)cc7c8ccccc8c(-c8ccc9ccccc9c8)cc7c6c5)ccc4c(-c4ccccc4)cc3c3ccccc23)cc1. The molecule has 0 amide bonds. The molecule has 0 saturated carbocycles. The molecule has 0 aliphatic heterocycles. The minimum atomic E-state index is 1.19. The van der Waals surface area contributed by atoms with Gasteiger partial charge in [-0.2, -0.15) is 0 Å². The van der Waals surface area contributed by atoms with Gasteiger partial charge in [0.25, 0.3) is 0 Å². The molecule has 0 N–H and O–H groups in total. The molecular weight excluding hydrogens is 817 g/mol. The normalized spacial score (nSPS) is 11.8. The van der Waals surface area contributed by atoms with Crippen molar-refractivity contribution in [2.24, 2.45) is 0 Å². The molecule has 0 nitrogen and oxygen atoms in total. The number of fused-ring (bicyclic) bond motifs is 12. The summed E-state index contributed by atoms with van der Waals surface area (Å²) >= 11 is 0. The standard InChI is InChI=1S/C68H42/c1-3-17-45(18-4-1)59-40-67-63-37-49(31-33-57(63)60(46-19-5-2-6-20-46)39-65(67)55-25-13-11-23-53(55)59)50-32-34-58-62(52-30-28-44-16-8-10-22-48(44)36-52)41-66-56-26-14-12-24-54(56)61(42-68(66)64(58)38-50)51-29-27-43-15-7-9-21-47(43)35-51/h1-42H. The van der Waals surface area contributed by atoms with E-state index in [1.807, 2.05) is 0 Å². The summed E-state index contributed by atoms with van der Waals surface area (Å²) < 4.78 is 0. The van der Waals surface area contributed by atoms with E-state index in [9.17, 15) is 0 Å². The Morgan fingerprint density at radius 3 is 0.853 bits per heavy atom. The third-order valence-electron chi connectivity index (χ3n) is 14.6. The van der Waals surface area contributed by atoms with E-state index in [1.165, 1.54) is 142 Å². The first kappa shape index (κ1) is 38.4. The van der Waals surface area contributed by atoms with Crippen LogP contribution in [0.4, 0.5) is 0 Å². The van der Waals surface area contributed by atoms with Crippen LogP contribution in [0.15, 0.2) is 255 Å². The second-order valence-corrected chi connectivity index (χ2v) is 18.4. The Balaban J connectivity index is 1.06. The van der Waals surface area contributed by atoms with Crippen molar-refractivity contribution >= 4 is 86.2 Å². The Kier molecular flexibility index (Phi) is 8.69. The van der Waals surface area contributed by atoms with Gasteiger partial charge >= 0.3 is 0 Å². The zero-order valence-electron chi connectivity index (χ0n) is 37.2. The first-order chi connectivity index (χ1) is 33.7. The second kappa shape index (κ2) is 15.4. The fourth-order valence-electron chi connectivity index (χ4n) is 11.3. The average molecular weight is 859 g/mol. The van der Waals surface area contributed by atoms with Crippen molar-refractivity contribution < 1.29 is 0 Å². The van der Waals surface area contributed by atoms with Crippen molar-refractivity contribution in [3.05, 3.63) is 255 Å². The van der Waals surface area contributed by atoms with Crippen molar-refractivity contribution in [1.82, 2.24) is 0 Å². The van der Waals surface area contributed by atoms with Crippen LogP contribution in [0.25, 0.3) is 142 Å². The van der Waals surface area contributed by atoms with E-state index in [-0.39, 0.29) is 0 Å². The lowest BCUT2D eigenvalue weighted by Gasteiger charge is -2.18. The summed E-state index contributed by atoms with van der Waals surface area (Å²) in [7, 11) is 0. The molecule has 0 aliphatic rings. The van der Waals surface area contributed by atoms with Gasteiger partial charge in [0.2, 0.25) is 0 Å². The summed E-state index contributed by atoms with van der Waals surface area (Å²) in [6.07, 6.45) is 0. The van der Waals surface area contributed by atoms with Gasteiger partial charge in [-0.05, 0) is 190 Å². The van der Waals surface area contributed by atoms with Crippen LogP contribution in [0.2, 0.25) is 0 Å². The summed E-state index contributed by atoms with van der Waals surface area (Å²) in [6, 6.07) is 95.0. The van der Waals surface area contributed by atoms with E-state index < -0.39 is 0 Å². The van der Waals surface area contributed by atoms with Crippen molar-refractivity contribution in [3.8, 4) is 55.6 Å². The highest BCUT2D eigenvalue weighted by Crippen LogP contribution is 2.46. The maximum atomic E-state index is 2.47. The summed E-state index contributed by atoms with van der Waals surface area (Å²) in [4.78, 5) is 0. The highest BCUT2D eigenvalue weighted by Gasteiger charge is 2.19. The van der Waals surface area contributed by atoms with Gasteiger partial charge in [0.05, 0.1) is 0 Å². The first-order valence-corrected chi connectivity index (χ1v) is 23.6. The van der Waals surface area contributed by atoms with Crippen LogP contribution in [-0.2, 0) is 0 Å².